The maximum atomic E-state index is 14.0. The number of halogens is 1. The fourth-order valence-corrected chi connectivity index (χ4v) is 8.16. The number of benzene rings is 2. The number of hydrogen-bond donors (Lipinski definition) is 4. The molecule has 46 heavy (non-hydrogen) atoms. The molecular weight excluding hydrogens is 602 g/mol. The Labute approximate surface area is 277 Å². The van der Waals surface area contributed by atoms with Crippen LogP contribution in [0.4, 0.5) is 21.0 Å². The van der Waals surface area contributed by atoms with Crippen LogP contribution < -0.4 is 21.7 Å². The van der Waals surface area contributed by atoms with E-state index in [9.17, 15) is 14.4 Å². The summed E-state index contributed by atoms with van der Waals surface area (Å²) in [5, 5.41) is 10.1. The van der Waals surface area contributed by atoms with Crippen molar-refractivity contribution in [2.45, 2.75) is 70.4 Å². The highest BCUT2D eigenvalue weighted by Gasteiger charge is 2.35. The highest BCUT2D eigenvalue weighted by Crippen LogP contribution is 2.32. The van der Waals surface area contributed by atoms with Crippen LogP contribution in [-0.4, -0.2) is 90.6 Å². The highest BCUT2D eigenvalue weighted by atomic mass is 35.5. The lowest BCUT2D eigenvalue weighted by atomic mass is 9.79. The Balaban J connectivity index is 1.09. The summed E-state index contributed by atoms with van der Waals surface area (Å²) < 4.78 is 0. The lowest BCUT2D eigenvalue weighted by Crippen LogP contribution is -2.57. The van der Waals surface area contributed by atoms with Crippen LogP contribution in [-0.2, 0) is 17.6 Å². The number of nitrogens with one attached hydrogen (secondary N) is 3. The van der Waals surface area contributed by atoms with Gasteiger partial charge >= 0.3 is 12.1 Å². The fourth-order valence-electron chi connectivity index (χ4n) is 7.87. The van der Waals surface area contributed by atoms with Crippen LogP contribution in [0.15, 0.2) is 36.4 Å². The minimum absolute atomic E-state index is 0.0431. The molecule has 0 radical (unpaired) electrons. The molecule has 1 atom stereocenters. The third-order valence-corrected chi connectivity index (χ3v) is 11.0. The van der Waals surface area contributed by atoms with Gasteiger partial charge in [-0.1, -0.05) is 35.9 Å². The maximum absolute atomic E-state index is 14.0. The van der Waals surface area contributed by atoms with E-state index in [1.54, 1.807) is 11.0 Å². The Hall–Kier alpha value is -3.50. The van der Waals surface area contributed by atoms with Crippen molar-refractivity contribution in [1.82, 2.24) is 25.3 Å². The van der Waals surface area contributed by atoms with E-state index < -0.39 is 6.04 Å². The van der Waals surface area contributed by atoms with Crippen molar-refractivity contribution >= 4 is 40.9 Å². The molecule has 0 aliphatic carbocycles. The third-order valence-electron chi connectivity index (χ3n) is 10.7. The first kappa shape index (κ1) is 32.4. The summed E-state index contributed by atoms with van der Waals surface area (Å²) in [6.45, 7) is 7.18. The zero-order valence-electron chi connectivity index (χ0n) is 26.9. The second-order valence-corrected chi connectivity index (χ2v) is 13.9. The average Bonchev–Trinajstić information content (AvgIpc) is 3.25. The van der Waals surface area contributed by atoms with Crippen molar-refractivity contribution in [3.63, 3.8) is 0 Å². The molecule has 5 amide bonds. The third kappa shape index (κ3) is 7.39. The first-order valence-corrected chi connectivity index (χ1v) is 17.4. The molecule has 0 saturated carbocycles. The second kappa shape index (κ2) is 14.5. The SMILES string of the molecule is Cc1cc(C[C@@H](NC(=O)N2CCC(N3CCc4ccccc4NC3=O)CC2)C(=O)N2CCC(C3CCNCC3)CC2)cc(Cl)c1N. The molecule has 5 N–H and O–H groups in total. The normalized spacial score (nSPS) is 20.9. The fraction of sp³-hybridized carbons (Fsp3) is 0.571. The van der Waals surface area contributed by atoms with Crippen LogP contribution in [0.1, 0.15) is 55.2 Å². The highest BCUT2D eigenvalue weighted by molar-refractivity contribution is 6.33. The average molecular weight is 650 g/mol. The Morgan fingerprint density at radius 3 is 2.35 bits per heavy atom. The predicted octanol–water partition coefficient (Wildman–Crippen LogP) is 4.64. The van der Waals surface area contributed by atoms with Crippen molar-refractivity contribution in [2.24, 2.45) is 11.8 Å². The van der Waals surface area contributed by atoms with E-state index >= 15 is 0 Å². The van der Waals surface area contributed by atoms with Gasteiger partial charge in [-0.15, -0.1) is 0 Å². The predicted molar refractivity (Wildman–Crippen MR) is 182 cm³/mol. The molecule has 0 bridgehead atoms. The van der Waals surface area contributed by atoms with Crippen LogP contribution in [0.5, 0.6) is 0 Å². The van der Waals surface area contributed by atoms with Crippen LogP contribution in [0.3, 0.4) is 0 Å². The zero-order chi connectivity index (χ0) is 32.2. The Morgan fingerprint density at radius 2 is 1.63 bits per heavy atom. The summed E-state index contributed by atoms with van der Waals surface area (Å²) in [5.41, 5.74) is 10.4. The molecule has 4 aliphatic rings. The molecule has 4 heterocycles. The second-order valence-electron chi connectivity index (χ2n) is 13.5. The number of piperidine rings is 3. The van der Waals surface area contributed by atoms with Crippen LogP contribution in [0.2, 0.25) is 5.02 Å². The summed E-state index contributed by atoms with van der Waals surface area (Å²) in [5.74, 6) is 1.34. The van der Waals surface area contributed by atoms with Crippen molar-refractivity contribution in [3.8, 4) is 0 Å². The van der Waals surface area contributed by atoms with Gasteiger partial charge in [-0.05, 0) is 106 Å². The van der Waals surface area contributed by atoms with E-state index in [2.05, 4.69) is 22.0 Å². The zero-order valence-corrected chi connectivity index (χ0v) is 27.7. The number of aryl methyl sites for hydroxylation is 1. The number of nitrogen functional groups attached to an aromatic ring is 1. The lowest BCUT2D eigenvalue weighted by Gasteiger charge is -2.40. The molecule has 248 valence electrons. The van der Waals surface area contributed by atoms with Crippen molar-refractivity contribution < 1.29 is 14.4 Å². The number of nitrogens with two attached hydrogens (primary N) is 1. The molecular formula is C35H48ClN7O3. The Kier molecular flexibility index (Phi) is 10.2. The molecule has 3 fully saturated rings. The summed E-state index contributed by atoms with van der Waals surface area (Å²) in [6.07, 6.45) is 6.94. The monoisotopic (exact) mass is 649 g/mol. The number of fused-ring (bicyclic) bond motifs is 1. The largest absolute Gasteiger partial charge is 0.397 e. The van der Waals surface area contributed by atoms with E-state index in [0.717, 1.165) is 60.6 Å². The van der Waals surface area contributed by atoms with E-state index in [1.165, 1.54) is 12.8 Å². The summed E-state index contributed by atoms with van der Waals surface area (Å²) in [6, 6.07) is 10.7. The van der Waals surface area contributed by atoms with E-state index in [0.29, 0.717) is 68.6 Å². The number of rotatable bonds is 6. The van der Waals surface area contributed by atoms with Gasteiger partial charge in [0.15, 0.2) is 0 Å². The number of carbonyl (C=O) groups excluding carboxylic acids is 3. The molecule has 2 aromatic rings. The molecule has 0 spiro atoms. The van der Waals surface area contributed by atoms with Gasteiger partial charge in [-0.25, -0.2) is 9.59 Å². The van der Waals surface area contributed by atoms with Gasteiger partial charge < -0.3 is 36.4 Å². The number of urea groups is 2. The topological polar surface area (TPSA) is 123 Å². The van der Waals surface area contributed by atoms with Crippen LogP contribution in [0, 0.1) is 18.8 Å². The Bertz CT molecular complexity index is 1390. The first-order chi connectivity index (χ1) is 22.3. The van der Waals surface area contributed by atoms with Crippen molar-refractivity contribution in [1.29, 1.82) is 0 Å². The van der Waals surface area contributed by atoms with Gasteiger partial charge in [0.2, 0.25) is 5.91 Å². The number of para-hydroxylation sites is 1. The van der Waals surface area contributed by atoms with Gasteiger partial charge in [0.1, 0.15) is 6.04 Å². The smallest absolute Gasteiger partial charge is 0.322 e. The lowest BCUT2D eigenvalue weighted by molar-refractivity contribution is -0.135. The number of anilines is 2. The molecule has 2 aromatic carbocycles. The standard InChI is InChI=1S/C35H48ClN7O3/c1-23-20-24(21-29(36)32(23)37)22-31(33(44)41-15-8-26(9-16-41)25-6-13-38-14-7-25)40-34(45)42-17-11-28(12-18-42)43-19-10-27-4-2-3-5-30(27)39-35(43)46/h2-5,20-21,25-26,28,31,38H,6-19,22,37H2,1H3,(H,39,46)(H,40,45)/t31-/m1/s1. The van der Waals surface area contributed by atoms with Crippen LogP contribution >= 0.6 is 11.6 Å². The van der Waals surface area contributed by atoms with Crippen molar-refractivity contribution in [2.75, 3.05) is 56.9 Å². The number of likely N-dealkylation sites (tertiary alicyclic amines) is 2. The summed E-state index contributed by atoms with van der Waals surface area (Å²) >= 11 is 6.42. The number of amides is 5. The minimum Gasteiger partial charge on any atom is -0.397 e. The van der Waals surface area contributed by atoms with Gasteiger partial charge in [0.05, 0.1) is 10.7 Å². The van der Waals surface area contributed by atoms with Crippen LogP contribution in [0.25, 0.3) is 0 Å². The Morgan fingerprint density at radius 1 is 0.957 bits per heavy atom. The minimum atomic E-state index is -0.713. The molecule has 0 aromatic heterocycles. The van der Waals surface area contributed by atoms with E-state index in [1.807, 2.05) is 41.0 Å². The maximum Gasteiger partial charge on any atom is 0.322 e. The van der Waals surface area contributed by atoms with Gasteiger partial charge in [-0.2, -0.15) is 0 Å². The van der Waals surface area contributed by atoms with E-state index in [4.69, 9.17) is 17.3 Å². The number of carbonyl (C=O) groups is 3. The summed E-state index contributed by atoms with van der Waals surface area (Å²) in [7, 11) is 0. The molecule has 11 heteroatoms. The van der Waals surface area contributed by atoms with Gasteiger partial charge in [-0.3, -0.25) is 4.79 Å². The quantitative estimate of drug-likeness (QED) is 0.340. The molecule has 10 nitrogen and oxygen atoms in total. The molecule has 4 aliphatic heterocycles. The van der Waals surface area contributed by atoms with Crippen molar-refractivity contribution in [3.05, 3.63) is 58.1 Å². The first-order valence-electron chi connectivity index (χ1n) is 17.0. The van der Waals surface area contributed by atoms with E-state index in [-0.39, 0.29) is 24.0 Å². The summed E-state index contributed by atoms with van der Waals surface area (Å²) in [4.78, 5) is 46.4. The molecule has 3 saturated heterocycles. The number of nitrogens with zero attached hydrogens (tertiary/aromatic N) is 3. The number of hydrogen-bond acceptors (Lipinski definition) is 5. The van der Waals surface area contributed by atoms with Gasteiger partial charge in [0.25, 0.3) is 0 Å². The van der Waals surface area contributed by atoms with Gasteiger partial charge in [0, 0.05) is 50.9 Å². The molecule has 6 rings (SSSR count). The molecule has 0 unspecified atom stereocenters.